The molecule has 1 heterocycles. The van der Waals surface area contributed by atoms with Crippen molar-refractivity contribution in [2.75, 3.05) is 20.2 Å². The molecule has 25 heavy (non-hydrogen) atoms. The summed E-state index contributed by atoms with van der Waals surface area (Å²) in [6, 6.07) is 16.5. The lowest BCUT2D eigenvalue weighted by Crippen LogP contribution is -2.40. The molecule has 2 N–H and O–H groups in total. The summed E-state index contributed by atoms with van der Waals surface area (Å²) < 4.78 is 5.87. The Balaban J connectivity index is 1.57. The first-order valence-electron chi connectivity index (χ1n) is 8.94. The van der Waals surface area contributed by atoms with E-state index < -0.39 is 0 Å². The van der Waals surface area contributed by atoms with E-state index in [0.717, 1.165) is 30.7 Å². The predicted molar refractivity (Wildman–Crippen MR) is 100 cm³/mol. The minimum Gasteiger partial charge on any atom is -0.492 e. The zero-order valence-electron chi connectivity index (χ0n) is 14.9. The van der Waals surface area contributed by atoms with Crippen LogP contribution in [-0.2, 0) is 6.42 Å². The number of hydrogen-bond donors (Lipinski definition) is 2. The van der Waals surface area contributed by atoms with Crippen LogP contribution in [-0.4, -0.2) is 32.1 Å². The lowest BCUT2D eigenvalue weighted by Gasteiger charge is -2.28. The van der Waals surface area contributed by atoms with Gasteiger partial charge in [0.1, 0.15) is 12.4 Å². The van der Waals surface area contributed by atoms with E-state index in [4.69, 9.17) is 4.74 Å². The molecule has 2 atom stereocenters. The highest BCUT2D eigenvalue weighted by Crippen LogP contribution is 2.28. The van der Waals surface area contributed by atoms with Gasteiger partial charge >= 0.3 is 0 Å². The third-order valence-electron chi connectivity index (χ3n) is 4.87. The topological polar surface area (TPSA) is 50.4 Å². The van der Waals surface area contributed by atoms with Crippen LogP contribution in [0.1, 0.15) is 40.7 Å². The highest BCUT2D eigenvalue weighted by atomic mass is 16.5. The molecule has 1 aliphatic rings. The summed E-state index contributed by atoms with van der Waals surface area (Å²) in [6.07, 6.45) is 1.89. The Hall–Kier alpha value is -2.33. The number of carbonyl (C=O) groups is 1. The number of fused-ring (bicyclic) bond motifs is 1. The van der Waals surface area contributed by atoms with Crippen molar-refractivity contribution < 1.29 is 9.53 Å². The van der Waals surface area contributed by atoms with Gasteiger partial charge in [0, 0.05) is 24.2 Å². The lowest BCUT2D eigenvalue weighted by molar-refractivity contribution is 0.0960. The van der Waals surface area contributed by atoms with Gasteiger partial charge in [-0.2, -0.15) is 0 Å². The Labute approximate surface area is 149 Å². The van der Waals surface area contributed by atoms with Crippen molar-refractivity contribution in [1.29, 1.82) is 0 Å². The molecule has 0 fully saturated rings. The van der Waals surface area contributed by atoms with Gasteiger partial charge in [-0.05, 0) is 43.0 Å². The van der Waals surface area contributed by atoms with Gasteiger partial charge in [-0.15, -0.1) is 0 Å². The van der Waals surface area contributed by atoms with Gasteiger partial charge in [0.15, 0.2) is 0 Å². The summed E-state index contributed by atoms with van der Waals surface area (Å²) in [6.45, 7) is 3.83. The molecule has 2 aromatic carbocycles. The maximum atomic E-state index is 12.1. The van der Waals surface area contributed by atoms with Crippen molar-refractivity contribution >= 4 is 5.91 Å². The maximum Gasteiger partial charge on any atom is 0.251 e. The van der Waals surface area contributed by atoms with Crippen LogP contribution < -0.4 is 15.4 Å². The summed E-state index contributed by atoms with van der Waals surface area (Å²) in [5.74, 6) is 1.29. The fourth-order valence-electron chi connectivity index (χ4n) is 3.34. The number of hydrogen-bond acceptors (Lipinski definition) is 3. The third kappa shape index (κ3) is 4.20. The number of ether oxygens (including phenoxy) is 1. The Morgan fingerprint density at radius 2 is 2.00 bits per heavy atom. The first-order chi connectivity index (χ1) is 12.2. The highest BCUT2D eigenvalue weighted by molar-refractivity contribution is 5.96. The second kappa shape index (κ2) is 8.17. The van der Waals surface area contributed by atoms with E-state index in [1.54, 1.807) is 7.05 Å². The van der Waals surface area contributed by atoms with Gasteiger partial charge in [-0.3, -0.25) is 4.79 Å². The lowest BCUT2D eigenvalue weighted by atomic mass is 9.95. The summed E-state index contributed by atoms with van der Waals surface area (Å²) in [4.78, 5) is 12.1. The normalized spacial score (nSPS) is 17.3. The van der Waals surface area contributed by atoms with E-state index in [1.807, 2.05) is 18.2 Å². The molecule has 2 aromatic rings. The average molecular weight is 338 g/mol. The third-order valence-corrected chi connectivity index (χ3v) is 4.87. The molecule has 0 spiro atoms. The SMILES string of the molecule is CNC(=O)c1cccc2c1CC(NCCC(C)c1ccccc1)CO2. The molecule has 1 amide bonds. The zero-order chi connectivity index (χ0) is 17.6. The Morgan fingerprint density at radius 3 is 2.76 bits per heavy atom. The van der Waals surface area contributed by atoms with Crippen LogP contribution in [0.2, 0.25) is 0 Å². The summed E-state index contributed by atoms with van der Waals surface area (Å²) in [5.41, 5.74) is 3.09. The number of amides is 1. The minimum atomic E-state index is -0.0567. The second-order valence-electron chi connectivity index (χ2n) is 6.63. The Bertz CT molecular complexity index is 715. The smallest absolute Gasteiger partial charge is 0.251 e. The quantitative estimate of drug-likeness (QED) is 0.851. The standard InChI is InChI=1S/C21H26N2O2/c1-15(16-7-4-3-5-8-16)11-12-23-17-13-19-18(21(24)22-2)9-6-10-20(19)25-14-17/h3-10,15,17,23H,11-14H2,1-2H3,(H,22,24). The van der Waals surface area contributed by atoms with Crippen molar-refractivity contribution in [3.63, 3.8) is 0 Å². The molecule has 0 saturated carbocycles. The fourth-order valence-corrected chi connectivity index (χ4v) is 3.34. The van der Waals surface area contributed by atoms with Gasteiger partial charge in [0.05, 0.1) is 0 Å². The molecule has 132 valence electrons. The highest BCUT2D eigenvalue weighted by Gasteiger charge is 2.24. The Kier molecular flexibility index (Phi) is 5.71. The molecule has 1 aliphatic heterocycles. The number of nitrogens with one attached hydrogen (secondary N) is 2. The van der Waals surface area contributed by atoms with Crippen molar-refractivity contribution in [2.45, 2.75) is 31.7 Å². The fraction of sp³-hybridized carbons (Fsp3) is 0.381. The van der Waals surface area contributed by atoms with E-state index in [2.05, 4.69) is 47.9 Å². The van der Waals surface area contributed by atoms with E-state index in [-0.39, 0.29) is 11.9 Å². The monoisotopic (exact) mass is 338 g/mol. The minimum absolute atomic E-state index is 0.0567. The van der Waals surface area contributed by atoms with Crippen LogP contribution in [0.3, 0.4) is 0 Å². The first-order valence-corrected chi connectivity index (χ1v) is 8.94. The van der Waals surface area contributed by atoms with E-state index >= 15 is 0 Å². The maximum absolute atomic E-state index is 12.1. The molecular formula is C21H26N2O2. The summed E-state index contributed by atoms with van der Waals surface area (Å²) in [7, 11) is 1.66. The van der Waals surface area contributed by atoms with E-state index in [0.29, 0.717) is 18.1 Å². The first kappa shape index (κ1) is 17.5. The van der Waals surface area contributed by atoms with E-state index in [1.165, 1.54) is 5.56 Å². The Morgan fingerprint density at radius 1 is 1.20 bits per heavy atom. The summed E-state index contributed by atoms with van der Waals surface area (Å²) in [5, 5.41) is 6.30. The van der Waals surface area contributed by atoms with Gasteiger partial charge in [0.25, 0.3) is 5.91 Å². The van der Waals surface area contributed by atoms with Crippen molar-refractivity contribution in [2.24, 2.45) is 0 Å². The molecule has 4 heteroatoms. The molecule has 0 aliphatic carbocycles. The summed E-state index contributed by atoms with van der Waals surface area (Å²) >= 11 is 0. The van der Waals surface area contributed by atoms with Gasteiger partial charge in [-0.25, -0.2) is 0 Å². The second-order valence-corrected chi connectivity index (χ2v) is 6.63. The van der Waals surface area contributed by atoms with Crippen molar-refractivity contribution in [1.82, 2.24) is 10.6 Å². The van der Waals surface area contributed by atoms with Crippen LogP contribution in [0.15, 0.2) is 48.5 Å². The molecule has 0 saturated heterocycles. The van der Waals surface area contributed by atoms with Crippen molar-refractivity contribution in [3.8, 4) is 5.75 Å². The van der Waals surface area contributed by atoms with Crippen LogP contribution in [0, 0.1) is 0 Å². The molecule has 0 bridgehead atoms. The molecular weight excluding hydrogens is 312 g/mol. The van der Waals surface area contributed by atoms with Crippen LogP contribution in [0.25, 0.3) is 0 Å². The number of rotatable bonds is 6. The molecule has 2 unspecified atom stereocenters. The van der Waals surface area contributed by atoms with Gasteiger partial charge in [0.2, 0.25) is 0 Å². The van der Waals surface area contributed by atoms with E-state index in [9.17, 15) is 4.79 Å². The predicted octanol–water partition coefficient (Wildman–Crippen LogP) is 3.13. The molecule has 3 rings (SSSR count). The molecule has 0 aromatic heterocycles. The molecule has 4 nitrogen and oxygen atoms in total. The van der Waals surface area contributed by atoms with Crippen LogP contribution in [0.5, 0.6) is 5.75 Å². The van der Waals surface area contributed by atoms with Gasteiger partial charge < -0.3 is 15.4 Å². The number of benzene rings is 2. The van der Waals surface area contributed by atoms with Crippen LogP contribution >= 0.6 is 0 Å². The van der Waals surface area contributed by atoms with Gasteiger partial charge in [-0.1, -0.05) is 43.3 Å². The largest absolute Gasteiger partial charge is 0.492 e. The van der Waals surface area contributed by atoms with Crippen molar-refractivity contribution in [3.05, 3.63) is 65.2 Å². The number of carbonyl (C=O) groups excluding carboxylic acids is 1. The average Bonchev–Trinajstić information content (AvgIpc) is 2.67. The van der Waals surface area contributed by atoms with Crippen LogP contribution in [0.4, 0.5) is 0 Å². The zero-order valence-corrected chi connectivity index (χ0v) is 14.9. The molecule has 0 radical (unpaired) electrons.